The third-order valence-corrected chi connectivity index (χ3v) is 6.27. The van der Waals surface area contributed by atoms with Gasteiger partial charge in [0.05, 0.1) is 0 Å². The zero-order valence-corrected chi connectivity index (χ0v) is 12.9. The van der Waals surface area contributed by atoms with Crippen LogP contribution < -0.4 is 10.0 Å². The SMILES string of the molecule is CCC1(CNS(=O)(=O)N2CCCCC2CNC)CC1. The van der Waals surface area contributed by atoms with E-state index in [1.165, 1.54) is 0 Å². The third-order valence-electron chi connectivity index (χ3n) is 4.66. The highest BCUT2D eigenvalue weighted by atomic mass is 32.2. The minimum atomic E-state index is -3.31. The molecule has 2 N–H and O–H groups in total. The topological polar surface area (TPSA) is 61.4 Å². The Bertz CT molecular complexity index is 391. The Morgan fingerprint density at radius 2 is 2.05 bits per heavy atom. The summed E-state index contributed by atoms with van der Waals surface area (Å²) in [5.41, 5.74) is 0.251. The summed E-state index contributed by atoms with van der Waals surface area (Å²) in [5.74, 6) is 0. The van der Waals surface area contributed by atoms with Crippen LogP contribution in [0.1, 0.15) is 45.4 Å². The average molecular weight is 289 g/mol. The fourth-order valence-corrected chi connectivity index (χ4v) is 4.49. The second kappa shape index (κ2) is 6.08. The van der Waals surface area contributed by atoms with Crippen LogP contribution in [0.15, 0.2) is 0 Å². The van der Waals surface area contributed by atoms with E-state index in [-0.39, 0.29) is 11.5 Å². The van der Waals surface area contributed by atoms with Gasteiger partial charge in [0, 0.05) is 25.7 Å². The molecule has 0 spiro atoms. The molecule has 2 aliphatic rings. The number of rotatable bonds is 7. The molecule has 1 aliphatic carbocycles. The molecule has 0 radical (unpaired) electrons. The molecule has 19 heavy (non-hydrogen) atoms. The molecule has 1 unspecified atom stereocenters. The maximum absolute atomic E-state index is 12.4. The smallest absolute Gasteiger partial charge is 0.279 e. The van der Waals surface area contributed by atoms with Crippen LogP contribution in [0.3, 0.4) is 0 Å². The van der Waals surface area contributed by atoms with E-state index in [2.05, 4.69) is 17.0 Å². The van der Waals surface area contributed by atoms with Gasteiger partial charge in [0.15, 0.2) is 0 Å². The van der Waals surface area contributed by atoms with E-state index >= 15 is 0 Å². The summed E-state index contributed by atoms with van der Waals surface area (Å²) in [6, 6.07) is 0.105. The van der Waals surface area contributed by atoms with Crippen molar-refractivity contribution in [1.29, 1.82) is 0 Å². The van der Waals surface area contributed by atoms with Crippen molar-refractivity contribution in [2.45, 2.75) is 51.5 Å². The average Bonchev–Trinajstić information content (AvgIpc) is 3.18. The van der Waals surface area contributed by atoms with Gasteiger partial charge in [-0.3, -0.25) is 0 Å². The molecule has 0 bridgehead atoms. The lowest BCUT2D eigenvalue weighted by molar-refractivity contribution is 0.245. The first-order chi connectivity index (χ1) is 9.03. The minimum absolute atomic E-state index is 0.105. The second-order valence-corrected chi connectivity index (χ2v) is 7.71. The maximum atomic E-state index is 12.4. The minimum Gasteiger partial charge on any atom is -0.318 e. The Morgan fingerprint density at radius 3 is 2.63 bits per heavy atom. The Hall–Kier alpha value is -0.170. The molecule has 2 fully saturated rings. The number of nitrogens with one attached hydrogen (secondary N) is 2. The zero-order chi connectivity index (χ0) is 13.9. The van der Waals surface area contributed by atoms with Gasteiger partial charge in [-0.1, -0.05) is 13.3 Å². The van der Waals surface area contributed by atoms with E-state index in [1.54, 1.807) is 4.31 Å². The Kier molecular flexibility index (Phi) is 4.87. The summed E-state index contributed by atoms with van der Waals surface area (Å²) in [5, 5.41) is 3.10. The van der Waals surface area contributed by atoms with Gasteiger partial charge in [-0.2, -0.15) is 12.7 Å². The van der Waals surface area contributed by atoms with Crippen molar-refractivity contribution >= 4 is 10.2 Å². The summed E-state index contributed by atoms with van der Waals surface area (Å²) < 4.78 is 29.4. The maximum Gasteiger partial charge on any atom is 0.279 e. The van der Waals surface area contributed by atoms with E-state index in [1.807, 2.05) is 7.05 Å². The van der Waals surface area contributed by atoms with Gasteiger partial charge < -0.3 is 5.32 Å². The highest BCUT2D eigenvalue weighted by molar-refractivity contribution is 7.87. The predicted molar refractivity (Wildman–Crippen MR) is 77.2 cm³/mol. The molecule has 6 heteroatoms. The summed E-state index contributed by atoms with van der Waals surface area (Å²) in [4.78, 5) is 0. The Balaban J connectivity index is 1.96. The van der Waals surface area contributed by atoms with Crippen LogP contribution in [0.25, 0.3) is 0 Å². The van der Waals surface area contributed by atoms with Gasteiger partial charge in [0.1, 0.15) is 0 Å². The van der Waals surface area contributed by atoms with Gasteiger partial charge >= 0.3 is 0 Å². The Labute approximate surface area is 117 Å². The summed E-state index contributed by atoms with van der Waals surface area (Å²) in [7, 11) is -1.44. The quantitative estimate of drug-likeness (QED) is 0.737. The number of likely N-dealkylation sites (N-methyl/N-ethyl adjacent to an activating group) is 1. The largest absolute Gasteiger partial charge is 0.318 e. The first-order valence-electron chi connectivity index (χ1n) is 7.44. The molecule has 0 aromatic rings. The molecule has 2 rings (SSSR count). The number of hydrogen-bond donors (Lipinski definition) is 2. The molecule has 1 aliphatic heterocycles. The second-order valence-electron chi connectivity index (χ2n) is 6.00. The molecular weight excluding hydrogens is 262 g/mol. The van der Waals surface area contributed by atoms with Gasteiger partial charge in [0.2, 0.25) is 0 Å². The van der Waals surface area contributed by atoms with Crippen LogP contribution >= 0.6 is 0 Å². The zero-order valence-electron chi connectivity index (χ0n) is 12.1. The van der Waals surface area contributed by atoms with E-state index < -0.39 is 10.2 Å². The fourth-order valence-electron chi connectivity index (χ4n) is 2.89. The van der Waals surface area contributed by atoms with Crippen molar-refractivity contribution in [2.75, 3.05) is 26.7 Å². The molecule has 1 atom stereocenters. The van der Waals surface area contributed by atoms with E-state index in [0.717, 1.165) is 45.1 Å². The molecule has 0 aromatic carbocycles. The number of piperidine rings is 1. The highest BCUT2D eigenvalue weighted by Crippen LogP contribution is 2.48. The van der Waals surface area contributed by atoms with E-state index in [4.69, 9.17) is 0 Å². The van der Waals surface area contributed by atoms with Crippen molar-refractivity contribution in [3.63, 3.8) is 0 Å². The van der Waals surface area contributed by atoms with Crippen LogP contribution in [0.4, 0.5) is 0 Å². The van der Waals surface area contributed by atoms with E-state index in [0.29, 0.717) is 13.1 Å². The molecule has 5 nitrogen and oxygen atoms in total. The standard InChI is InChI=1S/C13H27N3O2S/c1-3-13(7-8-13)11-15-19(17,18)16-9-5-4-6-12(16)10-14-2/h12,14-15H,3-11H2,1-2H3. The molecule has 1 heterocycles. The number of hydrogen-bond acceptors (Lipinski definition) is 3. The molecule has 0 aromatic heterocycles. The molecule has 112 valence electrons. The summed E-state index contributed by atoms with van der Waals surface area (Å²) in [6.07, 6.45) is 6.44. The van der Waals surface area contributed by atoms with E-state index in [9.17, 15) is 8.42 Å². The van der Waals surface area contributed by atoms with Crippen molar-refractivity contribution in [3.05, 3.63) is 0 Å². The van der Waals surface area contributed by atoms with Crippen LogP contribution in [-0.4, -0.2) is 45.4 Å². The van der Waals surface area contributed by atoms with Gasteiger partial charge in [-0.25, -0.2) is 4.72 Å². The normalized spacial score (nSPS) is 27.4. The summed E-state index contributed by atoms with van der Waals surface area (Å²) in [6.45, 7) is 4.14. The lowest BCUT2D eigenvalue weighted by Gasteiger charge is -2.34. The molecule has 1 saturated heterocycles. The van der Waals surface area contributed by atoms with Crippen molar-refractivity contribution in [1.82, 2.24) is 14.3 Å². The predicted octanol–water partition coefficient (Wildman–Crippen LogP) is 1.08. The van der Waals surface area contributed by atoms with Crippen molar-refractivity contribution in [3.8, 4) is 0 Å². The molecule has 0 amide bonds. The van der Waals surface area contributed by atoms with Crippen LogP contribution in [0.5, 0.6) is 0 Å². The van der Waals surface area contributed by atoms with Crippen molar-refractivity contribution < 1.29 is 8.42 Å². The summed E-state index contributed by atoms with van der Waals surface area (Å²) >= 11 is 0. The Morgan fingerprint density at radius 1 is 1.32 bits per heavy atom. The first-order valence-corrected chi connectivity index (χ1v) is 8.88. The highest BCUT2D eigenvalue weighted by Gasteiger charge is 2.42. The lowest BCUT2D eigenvalue weighted by Crippen LogP contribution is -2.52. The van der Waals surface area contributed by atoms with Crippen LogP contribution in [0, 0.1) is 5.41 Å². The fraction of sp³-hybridized carbons (Fsp3) is 1.00. The molecular formula is C13H27N3O2S. The third kappa shape index (κ3) is 3.68. The molecule has 1 saturated carbocycles. The first kappa shape index (κ1) is 15.2. The number of nitrogens with zero attached hydrogens (tertiary/aromatic N) is 1. The van der Waals surface area contributed by atoms with Gasteiger partial charge in [0.25, 0.3) is 10.2 Å². The van der Waals surface area contributed by atoms with Crippen LogP contribution in [0.2, 0.25) is 0 Å². The van der Waals surface area contributed by atoms with Gasteiger partial charge in [-0.15, -0.1) is 0 Å². The monoisotopic (exact) mass is 289 g/mol. The van der Waals surface area contributed by atoms with Crippen molar-refractivity contribution in [2.24, 2.45) is 5.41 Å². The van der Waals surface area contributed by atoms with Crippen LogP contribution in [-0.2, 0) is 10.2 Å². The van der Waals surface area contributed by atoms with Gasteiger partial charge in [-0.05, 0) is 44.6 Å². The lowest BCUT2D eigenvalue weighted by atomic mass is 10.1.